The fourth-order valence-electron chi connectivity index (χ4n) is 3.54. The third-order valence-electron chi connectivity index (χ3n) is 4.53. The number of benzene rings is 2. The summed E-state index contributed by atoms with van der Waals surface area (Å²) in [6, 6.07) is 13.6. The topological polar surface area (TPSA) is 3.24 Å². The van der Waals surface area contributed by atoms with Gasteiger partial charge in [-0.25, -0.2) is 4.39 Å². The second-order valence-electron chi connectivity index (χ2n) is 6.64. The van der Waals surface area contributed by atoms with Crippen molar-refractivity contribution in [3.63, 3.8) is 0 Å². The van der Waals surface area contributed by atoms with Crippen LogP contribution in [0.25, 0.3) is 6.08 Å². The molecule has 1 nitrogen and oxygen atoms in total. The number of hydrogen-bond acceptors (Lipinski definition) is 1. The average Bonchev–Trinajstić information content (AvgIpc) is 2.54. The summed E-state index contributed by atoms with van der Waals surface area (Å²) in [4.78, 5) is 1.55. The van der Waals surface area contributed by atoms with Crippen LogP contribution in [0.1, 0.15) is 24.5 Å². The van der Waals surface area contributed by atoms with Gasteiger partial charge in [-0.15, -0.1) is 0 Å². The first-order chi connectivity index (χ1) is 11.8. The number of alkyl halides is 3. The maximum Gasteiger partial charge on any atom is 0.391 e. The van der Waals surface area contributed by atoms with E-state index in [0.717, 1.165) is 5.56 Å². The molecule has 1 atom stereocenters. The molecule has 0 aromatic heterocycles. The first-order valence-corrected chi connectivity index (χ1v) is 8.12. The summed E-state index contributed by atoms with van der Waals surface area (Å²) in [5.74, 6) is -0.497. The van der Waals surface area contributed by atoms with Crippen LogP contribution < -0.4 is 4.90 Å². The van der Waals surface area contributed by atoms with E-state index < -0.39 is 24.0 Å². The van der Waals surface area contributed by atoms with Crippen LogP contribution in [-0.4, -0.2) is 18.3 Å². The predicted molar refractivity (Wildman–Crippen MR) is 92.0 cm³/mol. The van der Waals surface area contributed by atoms with Gasteiger partial charge in [0.25, 0.3) is 0 Å². The zero-order chi connectivity index (χ0) is 18.1. The second-order valence-corrected chi connectivity index (χ2v) is 6.64. The molecule has 1 unspecified atom stereocenters. The summed E-state index contributed by atoms with van der Waals surface area (Å²) in [6.45, 7) is 1.80. The molecule has 2 aromatic rings. The highest BCUT2D eigenvalue weighted by Crippen LogP contribution is 2.40. The summed E-state index contributed by atoms with van der Waals surface area (Å²) >= 11 is 0. The van der Waals surface area contributed by atoms with Crippen molar-refractivity contribution in [1.29, 1.82) is 0 Å². The van der Waals surface area contributed by atoms with E-state index in [4.69, 9.17) is 0 Å². The van der Waals surface area contributed by atoms with Crippen molar-refractivity contribution in [3.8, 4) is 0 Å². The van der Waals surface area contributed by atoms with Gasteiger partial charge < -0.3 is 4.90 Å². The van der Waals surface area contributed by atoms with E-state index in [2.05, 4.69) is 0 Å². The molecule has 0 amide bonds. The molecule has 0 fully saturated rings. The van der Waals surface area contributed by atoms with Crippen molar-refractivity contribution >= 4 is 11.8 Å². The highest BCUT2D eigenvalue weighted by atomic mass is 19.4. The van der Waals surface area contributed by atoms with E-state index in [9.17, 15) is 17.6 Å². The Balaban J connectivity index is 2.05. The van der Waals surface area contributed by atoms with E-state index in [1.165, 1.54) is 6.07 Å². The Hall–Kier alpha value is -2.30. The first-order valence-electron chi connectivity index (χ1n) is 8.12. The maximum absolute atomic E-state index is 14.5. The van der Waals surface area contributed by atoms with E-state index in [1.54, 1.807) is 60.4 Å². The molecule has 1 heterocycles. The Labute approximate surface area is 144 Å². The van der Waals surface area contributed by atoms with E-state index in [0.29, 0.717) is 5.56 Å². The number of rotatable bonds is 4. The molecule has 0 radical (unpaired) electrons. The van der Waals surface area contributed by atoms with Gasteiger partial charge in [0.2, 0.25) is 0 Å². The maximum atomic E-state index is 14.5. The van der Waals surface area contributed by atoms with Crippen LogP contribution >= 0.6 is 0 Å². The number of nitrogens with zero attached hydrogens (tertiary/aromatic N) is 1. The lowest BCUT2D eigenvalue weighted by Crippen LogP contribution is -2.52. The molecule has 1 aliphatic heterocycles. The van der Waals surface area contributed by atoms with Crippen LogP contribution in [-0.2, 0) is 6.42 Å². The third kappa shape index (κ3) is 3.86. The van der Waals surface area contributed by atoms with Crippen LogP contribution in [0.15, 0.2) is 54.6 Å². The Bertz CT molecular complexity index is 767. The Morgan fingerprint density at radius 3 is 2.40 bits per heavy atom. The Morgan fingerprint density at radius 2 is 1.72 bits per heavy atom. The van der Waals surface area contributed by atoms with Gasteiger partial charge in [0.05, 0.1) is 17.6 Å². The quantitative estimate of drug-likeness (QED) is 0.648. The second kappa shape index (κ2) is 6.54. The van der Waals surface area contributed by atoms with Crippen LogP contribution in [0.4, 0.5) is 23.2 Å². The van der Waals surface area contributed by atoms with Gasteiger partial charge in [0.15, 0.2) is 0 Å². The van der Waals surface area contributed by atoms with Gasteiger partial charge >= 0.3 is 6.18 Å². The van der Waals surface area contributed by atoms with Crippen molar-refractivity contribution in [2.45, 2.75) is 31.5 Å². The van der Waals surface area contributed by atoms with Crippen LogP contribution in [0.3, 0.4) is 0 Å². The zero-order valence-corrected chi connectivity index (χ0v) is 13.9. The summed E-state index contributed by atoms with van der Waals surface area (Å²) < 4.78 is 54.5. The van der Waals surface area contributed by atoms with Gasteiger partial charge in [0, 0.05) is 12.1 Å². The standard InChI is InChI=1S/C20H19F4N/c1-19(14-20(22,23)24,13-15-7-3-2-4-8-15)25-12-6-10-16-9-5-11-17(21)18(16)25/h2-11H,12-14H2,1H3. The Kier molecular flexibility index (Phi) is 4.58. The molecule has 0 spiro atoms. The SMILES string of the molecule is CC(Cc1ccccc1)(CC(F)(F)F)N1CC=Cc2cccc(F)c21. The van der Waals surface area contributed by atoms with Crippen molar-refractivity contribution in [1.82, 2.24) is 0 Å². The van der Waals surface area contributed by atoms with Gasteiger partial charge in [0.1, 0.15) is 5.82 Å². The number of hydrogen-bond donors (Lipinski definition) is 0. The largest absolute Gasteiger partial charge is 0.391 e. The van der Waals surface area contributed by atoms with Gasteiger partial charge in [-0.2, -0.15) is 13.2 Å². The van der Waals surface area contributed by atoms with E-state index >= 15 is 0 Å². The monoisotopic (exact) mass is 349 g/mol. The molecular weight excluding hydrogens is 330 g/mol. The normalized spacial score (nSPS) is 16.4. The molecule has 0 bridgehead atoms. The van der Waals surface area contributed by atoms with Gasteiger partial charge in [-0.1, -0.05) is 54.6 Å². The van der Waals surface area contributed by atoms with E-state index in [-0.39, 0.29) is 18.7 Å². The molecule has 132 valence electrons. The molecule has 0 N–H and O–H groups in total. The highest BCUT2D eigenvalue weighted by molar-refractivity contribution is 5.72. The minimum absolute atomic E-state index is 0.176. The minimum Gasteiger partial charge on any atom is -0.359 e. The van der Waals surface area contributed by atoms with Crippen LogP contribution in [0, 0.1) is 5.82 Å². The zero-order valence-electron chi connectivity index (χ0n) is 13.9. The predicted octanol–water partition coefficient (Wildman–Crippen LogP) is 5.61. The fraction of sp³-hybridized carbons (Fsp3) is 0.300. The van der Waals surface area contributed by atoms with Gasteiger partial charge in [-0.05, 0) is 25.0 Å². The molecule has 0 saturated heterocycles. The highest BCUT2D eigenvalue weighted by Gasteiger charge is 2.44. The van der Waals surface area contributed by atoms with Crippen LogP contribution in [0.2, 0.25) is 0 Å². The smallest absolute Gasteiger partial charge is 0.359 e. The summed E-state index contributed by atoms with van der Waals surface area (Å²) in [7, 11) is 0. The fourth-order valence-corrected chi connectivity index (χ4v) is 3.54. The molecule has 3 rings (SSSR count). The van der Waals surface area contributed by atoms with Crippen molar-refractivity contribution in [3.05, 3.63) is 71.6 Å². The summed E-state index contributed by atoms with van der Waals surface area (Å²) in [5.41, 5.74) is 0.350. The number of para-hydroxylation sites is 1. The summed E-state index contributed by atoms with van der Waals surface area (Å²) in [5, 5.41) is 0. The molecule has 1 aliphatic rings. The lowest BCUT2D eigenvalue weighted by molar-refractivity contribution is -0.146. The molecule has 25 heavy (non-hydrogen) atoms. The van der Waals surface area contributed by atoms with Crippen molar-refractivity contribution in [2.24, 2.45) is 0 Å². The van der Waals surface area contributed by atoms with Crippen molar-refractivity contribution in [2.75, 3.05) is 11.4 Å². The number of anilines is 1. The molecular formula is C20H19F4N. The molecule has 0 saturated carbocycles. The lowest BCUT2D eigenvalue weighted by atomic mass is 9.85. The Morgan fingerprint density at radius 1 is 1.00 bits per heavy atom. The first kappa shape index (κ1) is 17.5. The minimum atomic E-state index is -4.35. The van der Waals surface area contributed by atoms with Crippen LogP contribution in [0.5, 0.6) is 0 Å². The summed E-state index contributed by atoms with van der Waals surface area (Å²) in [6.07, 6.45) is -1.66. The van der Waals surface area contributed by atoms with Gasteiger partial charge in [-0.3, -0.25) is 0 Å². The third-order valence-corrected chi connectivity index (χ3v) is 4.53. The lowest BCUT2D eigenvalue weighted by Gasteiger charge is -2.45. The van der Waals surface area contributed by atoms with Crippen molar-refractivity contribution < 1.29 is 17.6 Å². The van der Waals surface area contributed by atoms with E-state index in [1.807, 2.05) is 6.07 Å². The number of halogens is 4. The number of fused-ring (bicyclic) bond motifs is 1. The molecule has 5 heteroatoms. The molecule has 2 aromatic carbocycles. The average molecular weight is 349 g/mol. The molecule has 0 aliphatic carbocycles.